The molecular weight excluding hydrogens is 256 g/mol. The maximum absolute atomic E-state index is 11.7. The standard InChI is InChI=1S/C11H11BrN2O/c12-7-10(15)14-6-2-4-8-3-1-5-9(13)11(8)14/h1-5H,6-7,13H2. The van der Waals surface area contributed by atoms with Crippen LogP contribution in [0.5, 0.6) is 0 Å². The average molecular weight is 267 g/mol. The van der Waals surface area contributed by atoms with Crippen LogP contribution in [0.4, 0.5) is 11.4 Å². The smallest absolute Gasteiger partial charge is 0.238 e. The first-order valence-corrected chi connectivity index (χ1v) is 5.77. The van der Waals surface area contributed by atoms with Crippen LogP contribution in [-0.2, 0) is 4.79 Å². The highest BCUT2D eigenvalue weighted by atomic mass is 79.9. The number of hydrogen-bond acceptors (Lipinski definition) is 2. The number of halogens is 1. The molecule has 0 spiro atoms. The number of benzene rings is 1. The van der Waals surface area contributed by atoms with Crippen LogP contribution in [-0.4, -0.2) is 17.8 Å². The summed E-state index contributed by atoms with van der Waals surface area (Å²) < 4.78 is 0. The first-order valence-electron chi connectivity index (χ1n) is 4.65. The van der Waals surface area contributed by atoms with Crippen LogP contribution in [0.1, 0.15) is 5.56 Å². The Morgan fingerprint density at radius 2 is 2.33 bits per heavy atom. The predicted octanol–water partition coefficient (Wildman–Crippen LogP) is 2.02. The van der Waals surface area contributed by atoms with E-state index in [0.29, 0.717) is 17.6 Å². The van der Waals surface area contributed by atoms with Crippen molar-refractivity contribution < 1.29 is 4.79 Å². The Balaban J connectivity index is 2.50. The summed E-state index contributed by atoms with van der Waals surface area (Å²) >= 11 is 3.17. The molecule has 2 rings (SSSR count). The molecule has 1 amide bonds. The number of nitrogens with two attached hydrogens (primary N) is 1. The van der Waals surface area contributed by atoms with E-state index in [0.717, 1.165) is 11.3 Å². The maximum atomic E-state index is 11.7. The first kappa shape index (κ1) is 10.2. The normalized spacial score (nSPS) is 13.8. The Labute approximate surface area is 96.7 Å². The van der Waals surface area contributed by atoms with Gasteiger partial charge in [0.2, 0.25) is 5.91 Å². The number of fused-ring (bicyclic) bond motifs is 1. The second kappa shape index (κ2) is 4.06. The van der Waals surface area contributed by atoms with Crippen molar-refractivity contribution in [1.82, 2.24) is 0 Å². The van der Waals surface area contributed by atoms with Crippen LogP contribution in [0.25, 0.3) is 6.08 Å². The fourth-order valence-corrected chi connectivity index (χ4v) is 2.00. The molecule has 3 nitrogen and oxygen atoms in total. The summed E-state index contributed by atoms with van der Waals surface area (Å²) in [5.41, 5.74) is 8.35. The van der Waals surface area contributed by atoms with Gasteiger partial charge < -0.3 is 10.6 Å². The lowest BCUT2D eigenvalue weighted by Gasteiger charge is -2.26. The van der Waals surface area contributed by atoms with Crippen molar-refractivity contribution in [3.63, 3.8) is 0 Å². The summed E-state index contributed by atoms with van der Waals surface area (Å²) in [4.78, 5) is 13.4. The molecule has 0 radical (unpaired) electrons. The van der Waals surface area contributed by atoms with Gasteiger partial charge >= 0.3 is 0 Å². The Morgan fingerprint density at radius 3 is 3.07 bits per heavy atom. The monoisotopic (exact) mass is 266 g/mol. The minimum absolute atomic E-state index is 0.0264. The van der Waals surface area contributed by atoms with Crippen LogP contribution in [0.2, 0.25) is 0 Å². The van der Waals surface area contributed by atoms with Gasteiger partial charge in [0.1, 0.15) is 0 Å². The largest absolute Gasteiger partial charge is 0.397 e. The summed E-state index contributed by atoms with van der Waals surface area (Å²) in [7, 11) is 0. The molecule has 1 aliphatic heterocycles. The lowest BCUT2D eigenvalue weighted by molar-refractivity contribution is -0.116. The molecule has 0 aliphatic carbocycles. The number of para-hydroxylation sites is 1. The van der Waals surface area contributed by atoms with E-state index in [9.17, 15) is 4.79 Å². The van der Waals surface area contributed by atoms with Crippen LogP contribution in [0, 0.1) is 0 Å². The topological polar surface area (TPSA) is 46.3 Å². The number of carbonyl (C=O) groups is 1. The molecular formula is C11H11BrN2O. The Kier molecular flexibility index (Phi) is 2.77. The van der Waals surface area contributed by atoms with Crippen LogP contribution < -0.4 is 10.6 Å². The summed E-state index contributed by atoms with van der Waals surface area (Å²) in [6, 6.07) is 5.66. The van der Waals surface area contributed by atoms with Crippen molar-refractivity contribution in [2.45, 2.75) is 0 Å². The molecule has 1 aromatic rings. The highest BCUT2D eigenvalue weighted by molar-refractivity contribution is 9.09. The Bertz CT molecular complexity index is 429. The molecule has 1 aromatic carbocycles. The first-order chi connectivity index (χ1) is 7.24. The number of alkyl halides is 1. The van der Waals surface area contributed by atoms with Gasteiger partial charge in [-0.05, 0) is 6.07 Å². The molecule has 15 heavy (non-hydrogen) atoms. The predicted molar refractivity (Wildman–Crippen MR) is 66.0 cm³/mol. The van der Waals surface area contributed by atoms with Crippen molar-refractivity contribution in [2.24, 2.45) is 0 Å². The molecule has 78 valence electrons. The van der Waals surface area contributed by atoms with Crippen molar-refractivity contribution in [3.8, 4) is 0 Å². The molecule has 1 aliphatic rings. The SMILES string of the molecule is Nc1cccc2c1N(C(=O)CBr)CC=C2. The lowest BCUT2D eigenvalue weighted by Crippen LogP contribution is -2.34. The highest BCUT2D eigenvalue weighted by Gasteiger charge is 2.20. The number of nitrogens with zero attached hydrogens (tertiary/aromatic N) is 1. The molecule has 4 heteroatoms. The Hall–Kier alpha value is -1.29. The van der Waals surface area contributed by atoms with E-state index < -0.39 is 0 Å². The maximum Gasteiger partial charge on any atom is 0.238 e. The van der Waals surface area contributed by atoms with Crippen LogP contribution in [0.15, 0.2) is 24.3 Å². The molecule has 0 atom stereocenters. The molecule has 0 unspecified atom stereocenters. The number of carbonyl (C=O) groups excluding carboxylic acids is 1. The zero-order valence-electron chi connectivity index (χ0n) is 8.11. The minimum atomic E-state index is 0.0264. The van der Waals surface area contributed by atoms with E-state index in [-0.39, 0.29) is 5.91 Å². The van der Waals surface area contributed by atoms with Gasteiger partial charge in [0.05, 0.1) is 16.7 Å². The highest BCUT2D eigenvalue weighted by Crippen LogP contribution is 2.31. The zero-order valence-corrected chi connectivity index (χ0v) is 9.70. The van der Waals surface area contributed by atoms with E-state index in [1.54, 1.807) is 4.90 Å². The van der Waals surface area contributed by atoms with Crippen molar-refractivity contribution in [1.29, 1.82) is 0 Å². The fraction of sp³-hybridized carbons (Fsp3) is 0.182. The summed E-state index contributed by atoms with van der Waals surface area (Å²) in [5, 5.41) is 0.314. The van der Waals surface area contributed by atoms with Gasteiger partial charge in [0.15, 0.2) is 0 Å². The van der Waals surface area contributed by atoms with Gasteiger partial charge in [-0.15, -0.1) is 0 Å². The Morgan fingerprint density at radius 1 is 1.53 bits per heavy atom. The average Bonchev–Trinajstić information content (AvgIpc) is 2.28. The van der Waals surface area contributed by atoms with E-state index in [1.807, 2.05) is 30.4 Å². The summed E-state index contributed by atoms with van der Waals surface area (Å²) in [5.74, 6) is 0.0264. The van der Waals surface area contributed by atoms with Crippen molar-refractivity contribution in [3.05, 3.63) is 29.8 Å². The summed E-state index contributed by atoms with van der Waals surface area (Å²) in [6.07, 6.45) is 3.95. The van der Waals surface area contributed by atoms with E-state index in [1.165, 1.54) is 0 Å². The molecule has 0 aromatic heterocycles. The van der Waals surface area contributed by atoms with E-state index in [2.05, 4.69) is 15.9 Å². The number of rotatable bonds is 1. The van der Waals surface area contributed by atoms with Crippen molar-refractivity contribution in [2.75, 3.05) is 22.5 Å². The van der Waals surface area contributed by atoms with Gasteiger partial charge in [-0.1, -0.05) is 40.2 Å². The van der Waals surface area contributed by atoms with Gasteiger partial charge in [-0.3, -0.25) is 4.79 Å². The minimum Gasteiger partial charge on any atom is -0.397 e. The van der Waals surface area contributed by atoms with E-state index in [4.69, 9.17) is 5.73 Å². The molecule has 0 saturated carbocycles. The number of anilines is 2. The lowest BCUT2D eigenvalue weighted by atomic mass is 10.1. The third-order valence-electron chi connectivity index (χ3n) is 2.37. The molecule has 2 N–H and O–H groups in total. The van der Waals surface area contributed by atoms with Crippen LogP contribution >= 0.6 is 15.9 Å². The molecule has 0 bridgehead atoms. The van der Waals surface area contributed by atoms with Crippen LogP contribution in [0.3, 0.4) is 0 Å². The van der Waals surface area contributed by atoms with Gasteiger partial charge in [0.25, 0.3) is 0 Å². The van der Waals surface area contributed by atoms with E-state index >= 15 is 0 Å². The fourth-order valence-electron chi connectivity index (χ4n) is 1.70. The number of amides is 1. The molecule has 1 heterocycles. The second-order valence-electron chi connectivity index (χ2n) is 3.33. The molecule has 0 saturated heterocycles. The van der Waals surface area contributed by atoms with Gasteiger partial charge in [-0.25, -0.2) is 0 Å². The number of hydrogen-bond donors (Lipinski definition) is 1. The molecule has 0 fully saturated rings. The quantitative estimate of drug-likeness (QED) is 0.625. The third-order valence-corrected chi connectivity index (χ3v) is 2.85. The van der Waals surface area contributed by atoms with Crippen molar-refractivity contribution >= 4 is 39.3 Å². The second-order valence-corrected chi connectivity index (χ2v) is 3.89. The number of nitrogen functional groups attached to an aromatic ring is 1. The van der Waals surface area contributed by atoms with Gasteiger partial charge in [0, 0.05) is 12.1 Å². The summed E-state index contributed by atoms with van der Waals surface area (Å²) in [6.45, 7) is 0.589. The zero-order chi connectivity index (χ0) is 10.8. The third kappa shape index (κ3) is 1.77. The van der Waals surface area contributed by atoms with Gasteiger partial charge in [-0.2, -0.15) is 0 Å².